The van der Waals surface area contributed by atoms with Crippen molar-refractivity contribution >= 4 is 11.7 Å². The van der Waals surface area contributed by atoms with Crippen molar-refractivity contribution < 1.29 is 27.4 Å². The van der Waals surface area contributed by atoms with Crippen LogP contribution in [0.25, 0.3) is 5.69 Å². The number of hydrogen-bond acceptors (Lipinski definition) is 6. The lowest BCUT2D eigenvalue weighted by atomic mass is 9.96. The smallest absolute Gasteiger partial charge is 0.410 e. The van der Waals surface area contributed by atoms with Gasteiger partial charge in [0.1, 0.15) is 5.82 Å². The molecule has 0 aliphatic carbocycles. The second-order valence-electron chi connectivity index (χ2n) is 9.24. The predicted octanol–water partition coefficient (Wildman–Crippen LogP) is 5.02. The molecule has 5 rings (SSSR count). The number of ether oxygens (including phenoxy) is 2. The third-order valence-electron chi connectivity index (χ3n) is 6.69. The summed E-state index contributed by atoms with van der Waals surface area (Å²) in [5.74, 6) is 0.512. The SMILES string of the molecule is COc1ccc([C@H]2C[C@H](C(F)(F)F)n3nc(C(=O)N(C)Cc4ccc(-n5cccn5)cc4)cc3N2)cc1OC. The van der Waals surface area contributed by atoms with Crippen LogP contribution in [-0.4, -0.2) is 57.8 Å². The summed E-state index contributed by atoms with van der Waals surface area (Å²) < 4.78 is 55.5. The molecule has 1 aliphatic rings. The summed E-state index contributed by atoms with van der Waals surface area (Å²) in [4.78, 5) is 14.6. The maximum atomic E-state index is 14.1. The van der Waals surface area contributed by atoms with Gasteiger partial charge in [-0.15, -0.1) is 0 Å². The monoisotopic (exact) mass is 540 g/mol. The lowest BCUT2D eigenvalue weighted by Crippen LogP contribution is -2.35. The van der Waals surface area contributed by atoms with Gasteiger partial charge in [-0.05, 0) is 41.5 Å². The number of halogens is 3. The molecule has 39 heavy (non-hydrogen) atoms. The molecule has 0 saturated heterocycles. The van der Waals surface area contributed by atoms with E-state index in [2.05, 4.69) is 15.5 Å². The molecule has 2 aromatic carbocycles. The summed E-state index contributed by atoms with van der Waals surface area (Å²) in [6.07, 6.45) is -1.37. The minimum atomic E-state index is -4.57. The quantitative estimate of drug-likeness (QED) is 0.354. The zero-order valence-electron chi connectivity index (χ0n) is 21.5. The first-order valence-corrected chi connectivity index (χ1v) is 12.2. The van der Waals surface area contributed by atoms with Gasteiger partial charge in [0.05, 0.1) is 25.9 Å². The van der Waals surface area contributed by atoms with E-state index in [1.54, 1.807) is 36.1 Å². The number of benzene rings is 2. The Kier molecular flexibility index (Phi) is 6.94. The molecule has 1 amide bonds. The maximum absolute atomic E-state index is 14.1. The van der Waals surface area contributed by atoms with Gasteiger partial charge in [-0.25, -0.2) is 9.36 Å². The van der Waals surface area contributed by atoms with Crippen LogP contribution in [0.4, 0.5) is 19.0 Å². The summed E-state index contributed by atoms with van der Waals surface area (Å²) in [5.41, 5.74) is 2.24. The number of carbonyl (C=O) groups is 1. The highest BCUT2D eigenvalue weighted by molar-refractivity contribution is 5.93. The summed E-state index contributed by atoms with van der Waals surface area (Å²) in [7, 11) is 4.54. The van der Waals surface area contributed by atoms with Crippen molar-refractivity contribution in [3.8, 4) is 17.2 Å². The van der Waals surface area contributed by atoms with Crippen LogP contribution in [0.3, 0.4) is 0 Å². The van der Waals surface area contributed by atoms with Crippen LogP contribution in [0.1, 0.15) is 40.1 Å². The van der Waals surface area contributed by atoms with Crippen LogP contribution in [0.2, 0.25) is 0 Å². The molecular formula is C27H27F3N6O3. The number of amides is 1. The number of anilines is 1. The Bertz CT molecular complexity index is 1450. The minimum Gasteiger partial charge on any atom is -0.493 e. The predicted molar refractivity (Wildman–Crippen MR) is 137 cm³/mol. The molecule has 0 bridgehead atoms. The largest absolute Gasteiger partial charge is 0.493 e. The zero-order chi connectivity index (χ0) is 27.7. The number of alkyl halides is 3. The van der Waals surface area contributed by atoms with E-state index < -0.39 is 24.2 Å². The number of nitrogens with one attached hydrogen (secondary N) is 1. The normalized spacial score (nSPS) is 16.8. The van der Waals surface area contributed by atoms with E-state index in [0.29, 0.717) is 17.1 Å². The average molecular weight is 541 g/mol. The summed E-state index contributed by atoms with van der Waals surface area (Å²) in [5, 5.41) is 11.4. The molecule has 1 aliphatic heterocycles. The van der Waals surface area contributed by atoms with Gasteiger partial charge in [0.25, 0.3) is 5.91 Å². The number of rotatable bonds is 7. The fourth-order valence-electron chi connectivity index (χ4n) is 4.68. The fourth-order valence-corrected chi connectivity index (χ4v) is 4.68. The number of methoxy groups -OCH3 is 2. The van der Waals surface area contributed by atoms with Crippen molar-refractivity contribution in [2.24, 2.45) is 0 Å². The summed E-state index contributed by atoms with van der Waals surface area (Å²) >= 11 is 0. The fraction of sp³-hybridized carbons (Fsp3) is 0.296. The van der Waals surface area contributed by atoms with E-state index in [1.807, 2.05) is 36.5 Å². The van der Waals surface area contributed by atoms with Gasteiger partial charge in [-0.1, -0.05) is 18.2 Å². The van der Waals surface area contributed by atoms with Crippen LogP contribution in [-0.2, 0) is 6.54 Å². The van der Waals surface area contributed by atoms with Crippen LogP contribution < -0.4 is 14.8 Å². The van der Waals surface area contributed by atoms with E-state index >= 15 is 0 Å². The van der Waals surface area contributed by atoms with Crippen LogP contribution in [0, 0.1) is 0 Å². The standard InChI is InChI=1S/C27H27F3N6O3/c1-34(16-17-5-8-19(9-6-17)35-12-4-11-31-35)26(37)21-15-25-32-20(14-24(27(28,29)30)36(25)33-21)18-7-10-22(38-2)23(13-18)39-3/h4-13,15,20,24,32H,14,16H2,1-3H3/t20-,24-/m1/s1. The third-order valence-corrected chi connectivity index (χ3v) is 6.69. The highest BCUT2D eigenvalue weighted by Gasteiger charge is 2.47. The van der Waals surface area contributed by atoms with E-state index in [1.165, 1.54) is 25.2 Å². The maximum Gasteiger partial charge on any atom is 0.410 e. The van der Waals surface area contributed by atoms with Gasteiger partial charge in [0.15, 0.2) is 23.2 Å². The lowest BCUT2D eigenvalue weighted by Gasteiger charge is -2.33. The molecule has 2 aromatic heterocycles. The molecule has 2 atom stereocenters. The molecule has 3 heterocycles. The number of hydrogen-bond donors (Lipinski definition) is 1. The molecule has 0 radical (unpaired) electrons. The Labute approximate surface area is 222 Å². The molecule has 0 spiro atoms. The first kappa shape index (κ1) is 26.1. The van der Waals surface area contributed by atoms with Gasteiger partial charge in [-0.3, -0.25) is 4.79 Å². The zero-order valence-corrected chi connectivity index (χ0v) is 21.5. The molecule has 204 valence electrons. The van der Waals surface area contributed by atoms with Crippen molar-refractivity contribution in [3.63, 3.8) is 0 Å². The minimum absolute atomic E-state index is 0.0737. The van der Waals surface area contributed by atoms with Crippen LogP contribution in [0.5, 0.6) is 11.5 Å². The second-order valence-corrected chi connectivity index (χ2v) is 9.24. The Hall–Kier alpha value is -4.48. The van der Waals surface area contributed by atoms with Crippen LogP contribution >= 0.6 is 0 Å². The van der Waals surface area contributed by atoms with E-state index in [9.17, 15) is 18.0 Å². The third kappa shape index (κ3) is 5.27. The van der Waals surface area contributed by atoms with Gasteiger partial charge < -0.3 is 19.7 Å². The summed E-state index contributed by atoms with van der Waals surface area (Å²) in [6, 6.07) is 13.1. The molecule has 4 aromatic rings. The van der Waals surface area contributed by atoms with Crippen LogP contribution in [0.15, 0.2) is 67.0 Å². The molecule has 0 fully saturated rings. The van der Waals surface area contributed by atoms with Crippen molar-refractivity contribution in [2.75, 3.05) is 26.6 Å². The topological polar surface area (TPSA) is 86.4 Å². The van der Waals surface area contributed by atoms with Gasteiger partial charge >= 0.3 is 6.18 Å². The molecule has 9 nitrogen and oxygen atoms in total. The molecule has 0 unspecified atom stereocenters. The molecule has 0 saturated carbocycles. The molecule has 12 heteroatoms. The number of aromatic nitrogens is 4. The van der Waals surface area contributed by atoms with Crippen molar-refractivity contribution in [1.82, 2.24) is 24.5 Å². The Morgan fingerprint density at radius 1 is 1.10 bits per heavy atom. The van der Waals surface area contributed by atoms with E-state index in [4.69, 9.17) is 9.47 Å². The lowest BCUT2D eigenvalue weighted by molar-refractivity contribution is -0.173. The van der Waals surface area contributed by atoms with E-state index in [-0.39, 0.29) is 24.5 Å². The number of nitrogens with zero attached hydrogens (tertiary/aromatic N) is 5. The average Bonchev–Trinajstić information content (AvgIpc) is 3.62. The first-order chi connectivity index (χ1) is 18.7. The Morgan fingerprint density at radius 2 is 1.85 bits per heavy atom. The van der Waals surface area contributed by atoms with E-state index in [0.717, 1.165) is 15.9 Å². The van der Waals surface area contributed by atoms with Crippen molar-refractivity contribution in [1.29, 1.82) is 0 Å². The highest BCUT2D eigenvalue weighted by Crippen LogP contribution is 2.44. The highest BCUT2D eigenvalue weighted by atomic mass is 19.4. The van der Waals surface area contributed by atoms with Gasteiger partial charge in [0.2, 0.25) is 0 Å². The Morgan fingerprint density at radius 3 is 2.49 bits per heavy atom. The van der Waals surface area contributed by atoms with Crippen molar-refractivity contribution in [3.05, 3.63) is 83.8 Å². The molecule has 1 N–H and O–H groups in total. The Balaban J connectivity index is 1.37. The summed E-state index contributed by atoms with van der Waals surface area (Å²) in [6.45, 7) is 0.255. The first-order valence-electron chi connectivity index (χ1n) is 12.2. The number of fused-ring (bicyclic) bond motifs is 1. The van der Waals surface area contributed by atoms with Gasteiger partial charge in [-0.2, -0.15) is 23.4 Å². The molecular weight excluding hydrogens is 513 g/mol. The second kappa shape index (κ2) is 10.4. The van der Waals surface area contributed by atoms with Gasteiger partial charge in [0, 0.05) is 38.5 Å². The van der Waals surface area contributed by atoms with Crippen molar-refractivity contribution in [2.45, 2.75) is 31.2 Å². The number of carbonyl (C=O) groups excluding carboxylic acids is 1.